The molecule has 3 rings (SSSR count). The summed E-state index contributed by atoms with van der Waals surface area (Å²) in [4.78, 5) is 0. The molecule has 0 unspecified atom stereocenters. The summed E-state index contributed by atoms with van der Waals surface area (Å²) in [6.45, 7) is 3.24. The molecule has 0 spiro atoms. The molecule has 2 aromatic rings. The summed E-state index contributed by atoms with van der Waals surface area (Å²) in [6, 6.07) is 5.86. The van der Waals surface area contributed by atoms with Crippen molar-refractivity contribution in [2.24, 2.45) is 0 Å². The molecular weight excluding hydrogens is 230 g/mol. The zero-order valence-corrected chi connectivity index (χ0v) is 10.2. The maximum atomic E-state index is 5.83. The summed E-state index contributed by atoms with van der Waals surface area (Å²) in [7, 11) is 0. The lowest BCUT2D eigenvalue weighted by Crippen LogP contribution is -2.15. The van der Waals surface area contributed by atoms with E-state index in [1.807, 2.05) is 18.2 Å². The third-order valence-electron chi connectivity index (χ3n) is 3.08. The van der Waals surface area contributed by atoms with E-state index in [0.29, 0.717) is 19.0 Å². The van der Waals surface area contributed by atoms with Gasteiger partial charge in [0.2, 0.25) is 0 Å². The van der Waals surface area contributed by atoms with Gasteiger partial charge in [0.25, 0.3) is 0 Å². The number of nitrogens with one attached hydrogen (secondary N) is 1. The molecule has 1 aliphatic rings. The highest BCUT2D eigenvalue weighted by Gasteiger charge is 2.16. The molecule has 0 bridgehead atoms. The van der Waals surface area contributed by atoms with Crippen LogP contribution < -0.4 is 15.2 Å². The molecule has 0 radical (unpaired) electrons. The van der Waals surface area contributed by atoms with Crippen LogP contribution in [0.5, 0.6) is 11.5 Å². The highest BCUT2D eigenvalue weighted by atomic mass is 16.6. The van der Waals surface area contributed by atoms with Gasteiger partial charge < -0.3 is 15.2 Å². The first-order valence-electron chi connectivity index (χ1n) is 6.02. The number of hydrogen-bond acceptors (Lipinski definition) is 4. The fourth-order valence-electron chi connectivity index (χ4n) is 2.17. The lowest BCUT2D eigenvalue weighted by Gasteiger charge is -2.18. The quantitative estimate of drug-likeness (QED) is 0.848. The molecule has 5 heteroatoms. The predicted molar refractivity (Wildman–Crippen MR) is 68.8 cm³/mol. The summed E-state index contributed by atoms with van der Waals surface area (Å²) in [5, 5.41) is 7.03. The van der Waals surface area contributed by atoms with Gasteiger partial charge in [0.1, 0.15) is 19.0 Å². The van der Waals surface area contributed by atoms with Crippen molar-refractivity contribution in [3.05, 3.63) is 23.8 Å². The Kier molecular flexibility index (Phi) is 2.59. The van der Waals surface area contributed by atoms with Crippen molar-refractivity contribution >= 4 is 5.82 Å². The number of benzene rings is 1. The van der Waals surface area contributed by atoms with Crippen LogP contribution in [0, 0.1) is 0 Å². The van der Waals surface area contributed by atoms with Crippen molar-refractivity contribution in [1.82, 2.24) is 10.2 Å². The molecule has 1 aromatic carbocycles. The molecule has 1 aromatic heterocycles. The van der Waals surface area contributed by atoms with Gasteiger partial charge in [-0.15, -0.1) is 0 Å². The van der Waals surface area contributed by atoms with E-state index in [1.165, 1.54) is 0 Å². The van der Waals surface area contributed by atoms with Crippen LogP contribution in [-0.2, 0) is 6.42 Å². The van der Waals surface area contributed by atoms with E-state index in [2.05, 4.69) is 17.1 Å². The molecule has 0 saturated heterocycles. The number of ether oxygens (including phenoxy) is 2. The fourth-order valence-corrected chi connectivity index (χ4v) is 2.17. The fraction of sp³-hybridized carbons (Fsp3) is 0.308. The van der Waals surface area contributed by atoms with E-state index >= 15 is 0 Å². The SMILES string of the molecule is CCc1c(N)n[nH]c1-c1ccc2c(c1)OCCO2. The van der Waals surface area contributed by atoms with Gasteiger partial charge in [-0.3, -0.25) is 5.10 Å². The zero-order chi connectivity index (χ0) is 12.5. The van der Waals surface area contributed by atoms with Crippen molar-refractivity contribution in [3.63, 3.8) is 0 Å². The first kappa shape index (κ1) is 11.0. The van der Waals surface area contributed by atoms with E-state index in [1.54, 1.807) is 0 Å². The molecule has 1 aliphatic heterocycles. The number of nitrogens with zero attached hydrogens (tertiary/aromatic N) is 1. The minimum absolute atomic E-state index is 0.558. The molecule has 3 N–H and O–H groups in total. The van der Waals surface area contributed by atoms with Crippen LogP contribution in [0.4, 0.5) is 5.82 Å². The Bertz CT molecular complexity index is 578. The van der Waals surface area contributed by atoms with Gasteiger partial charge in [0, 0.05) is 11.1 Å². The minimum atomic E-state index is 0.558. The van der Waals surface area contributed by atoms with Crippen molar-refractivity contribution in [2.45, 2.75) is 13.3 Å². The Morgan fingerprint density at radius 1 is 1.28 bits per heavy atom. The van der Waals surface area contributed by atoms with Crippen molar-refractivity contribution < 1.29 is 9.47 Å². The largest absolute Gasteiger partial charge is 0.486 e. The first-order chi connectivity index (χ1) is 8.79. The molecule has 0 fully saturated rings. The highest BCUT2D eigenvalue weighted by molar-refractivity contribution is 5.70. The van der Waals surface area contributed by atoms with Gasteiger partial charge in [-0.25, -0.2) is 0 Å². The van der Waals surface area contributed by atoms with Gasteiger partial charge >= 0.3 is 0 Å². The summed E-state index contributed by atoms with van der Waals surface area (Å²) in [5.74, 6) is 2.12. The molecule has 94 valence electrons. The predicted octanol–water partition coefficient (Wildman–Crippen LogP) is 1.99. The number of anilines is 1. The Morgan fingerprint density at radius 2 is 2.06 bits per heavy atom. The summed E-state index contributed by atoms with van der Waals surface area (Å²) in [5.41, 5.74) is 8.83. The Labute approximate surface area is 105 Å². The van der Waals surface area contributed by atoms with Crippen molar-refractivity contribution in [2.75, 3.05) is 18.9 Å². The first-order valence-corrected chi connectivity index (χ1v) is 6.02. The molecular formula is C13H15N3O2. The standard InChI is InChI=1S/C13H15N3O2/c1-2-9-12(15-16-13(9)14)8-3-4-10-11(7-8)18-6-5-17-10/h3-4,7H,2,5-6H2,1H3,(H3,14,15,16). The second-order valence-electron chi connectivity index (χ2n) is 4.17. The van der Waals surface area contributed by atoms with E-state index in [4.69, 9.17) is 15.2 Å². The van der Waals surface area contributed by atoms with Crippen LogP contribution in [0.3, 0.4) is 0 Å². The number of hydrogen-bond donors (Lipinski definition) is 2. The third kappa shape index (κ3) is 1.68. The van der Waals surface area contributed by atoms with Gasteiger partial charge in [-0.05, 0) is 24.6 Å². The Morgan fingerprint density at radius 3 is 2.83 bits per heavy atom. The number of fused-ring (bicyclic) bond motifs is 1. The third-order valence-corrected chi connectivity index (χ3v) is 3.08. The maximum absolute atomic E-state index is 5.83. The summed E-state index contributed by atoms with van der Waals surface area (Å²) >= 11 is 0. The molecule has 0 saturated carbocycles. The average molecular weight is 245 g/mol. The second-order valence-corrected chi connectivity index (χ2v) is 4.17. The molecule has 18 heavy (non-hydrogen) atoms. The summed E-state index contributed by atoms with van der Waals surface area (Å²) < 4.78 is 11.1. The normalized spacial score (nSPS) is 13.6. The maximum Gasteiger partial charge on any atom is 0.162 e. The van der Waals surface area contributed by atoms with Crippen LogP contribution >= 0.6 is 0 Å². The zero-order valence-electron chi connectivity index (χ0n) is 10.2. The van der Waals surface area contributed by atoms with Crippen LogP contribution in [-0.4, -0.2) is 23.4 Å². The number of aromatic amines is 1. The van der Waals surface area contributed by atoms with E-state index in [9.17, 15) is 0 Å². The van der Waals surface area contributed by atoms with E-state index in [0.717, 1.165) is 34.7 Å². The Hall–Kier alpha value is -2.17. The van der Waals surface area contributed by atoms with Gasteiger partial charge in [0.05, 0.1) is 5.69 Å². The van der Waals surface area contributed by atoms with E-state index < -0.39 is 0 Å². The van der Waals surface area contributed by atoms with Crippen LogP contribution in [0.25, 0.3) is 11.3 Å². The van der Waals surface area contributed by atoms with Crippen molar-refractivity contribution in [1.29, 1.82) is 0 Å². The van der Waals surface area contributed by atoms with E-state index in [-0.39, 0.29) is 0 Å². The molecule has 5 nitrogen and oxygen atoms in total. The molecule has 0 aliphatic carbocycles. The monoisotopic (exact) mass is 245 g/mol. The molecule has 0 amide bonds. The average Bonchev–Trinajstić information content (AvgIpc) is 2.79. The number of H-pyrrole nitrogens is 1. The van der Waals surface area contributed by atoms with Gasteiger partial charge in [0.15, 0.2) is 11.5 Å². The van der Waals surface area contributed by atoms with Gasteiger partial charge in [-0.2, -0.15) is 5.10 Å². The van der Waals surface area contributed by atoms with Crippen LogP contribution in [0.15, 0.2) is 18.2 Å². The van der Waals surface area contributed by atoms with Gasteiger partial charge in [-0.1, -0.05) is 6.92 Å². The lowest BCUT2D eigenvalue weighted by molar-refractivity contribution is 0.171. The van der Waals surface area contributed by atoms with Crippen molar-refractivity contribution in [3.8, 4) is 22.8 Å². The topological polar surface area (TPSA) is 73.2 Å². The van der Waals surface area contributed by atoms with Crippen LogP contribution in [0.1, 0.15) is 12.5 Å². The molecule has 0 atom stereocenters. The smallest absolute Gasteiger partial charge is 0.162 e. The second kappa shape index (κ2) is 4.25. The number of nitrogen functional groups attached to an aromatic ring is 1. The van der Waals surface area contributed by atoms with Crippen LogP contribution in [0.2, 0.25) is 0 Å². The minimum Gasteiger partial charge on any atom is -0.486 e. The highest BCUT2D eigenvalue weighted by Crippen LogP contribution is 2.35. The number of rotatable bonds is 2. The Balaban J connectivity index is 2.06. The number of nitrogens with two attached hydrogens (primary N) is 1. The molecule has 2 heterocycles. The summed E-state index contributed by atoms with van der Waals surface area (Å²) in [6.07, 6.45) is 0.839. The lowest BCUT2D eigenvalue weighted by atomic mass is 10.1. The number of aromatic nitrogens is 2.